The number of ether oxygens (including phenoxy) is 4. The third kappa shape index (κ3) is 2.94. The maximum absolute atomic E-state index is 13.4. The first kappa shape index (κ1) is 19.6. The predicted molar refractivity (Wildman–Crippen MR) is 96.7 cm³/mol. The average molecular weight is 383 g/mol. The maximum Gasteiger partial charge on any atom is 0.231 e. The summed E-state index contributed by atoms with van der Waals surface area (Å²) in [6.45, 7) is 7.81. The Morgan fingerprint density at radius 2 is 1.89 bits per heavy atom. The van der Waals surface area contributed by atoms with Crippen LogP contribution in [0.25, 0.3) is 0 Å². The lowest BCUT2D eigenvalue weighted by atomic mass is 9.47. The number of amides is 1. The van der Waals surface area contributed by atoms with Gasteiger partial charge in [0.05, 0.1) is 25.9 Å². The SMILES string of the molecule is CCNC(=O)[C@]12COC(C)(C)O[C@@H]1CC[C@@]1(CO)CC3(CCC12)OCCO3. The van der Waals surface area contributed by atoms with Crippen molar-refractivity contribution in [1.82, 2.24) is 5.32 Å². The lowest BCUT2D eigenvalue weighted by Crippen LogP contribution is -2.70. The third-order valence-corrected chi connectivity index (χ3v) is 7.25. The van der Waals surface area contributed by atoms with Gasteiger partial charge >= 0.3 is 0 Å². The van der Waals surface area contributed by atoms with Crippen LogP contribution in [0.3, 0.4) is 0 Å². The van der Waals surface area contributed by atoms with E-state index < -0.39 is 22.4 Å². The fourth-order valence-electron chi connectivity index (χ4n) is 6.10. The summed E-state index contributed by atoms with van der Waals surface area (Å²) in [5.74, 6) is -1.36. The Hall–Kier alpha value is -0.730. The van der Waals surface area contributed by atoms with Gasteiger partial charge in [0.2, 0.25) is 5.91 Å². The lowest BCUT2D eigenvalue weighted by molar-refractivity contribution is -0.348. The molecule has 2 aliphatic carbocycles. The molecular weight excluding hydrogens is 350 g/mol. The predicted octanol–water partition coefficient (Wildman–Crippen LogP) is 1.58. The van der Waals surface area contributed by atoms with Gasteiger partial charge in [0, 0.05) is 31.4 Å². The lowest BCUT2D eigenvalue weighted by Gasteiger charge is -2.63. The Labute approximate surface area is 161 Å². The summed E-state index contributed by atoms with van der Waals surface area (Å²) in [5, 5.41) is 13.5. The molecule has 2 saturated heterocycles. The number of nitrogens with one attached hydrogen (secondary N) is 1. The normalized spacial score (nSPS) is 42.4. The van der Waals surface area contributed by atoms with E-state index in [0.29, 0.717) is 32.8 Å². The van der Waals surface area contributed by atoms with Gasteiger partial charge in [-0.1, -0.05) is 0 Å². The molecule has 1 unspecified atom stereocenters. The minimum Gasteiger partial charge on any atom is -0.396 e. The van der Waals surface area contributed by atoms with E-state index >= 15 is 0 Å². The number of hydrogen-bond donors (Lipinski definition) is 2. The number of rotatable bonds is 3. The molecule has 4 atom stereocenters. The van der Waals surface area contributed by atoms with Crippen LogP contribution >= 0.6 is 0 Å². The smallest absolute Gasteiger partial charge is 0.231 e. The van der Waals surface area contributed by atoms with Crippen molar-refractivity contribution >= 4 is 5.91 Å². The second kappa shape index (κ2) is 6.66. The highest BCUT2D eigenvalue weighted by atomic mass is 16.7. The molecule has 1 amide bonds. The third-order valence-electron chi connectivity index (χ3n) is 7.25. The van der Waals surface area contributed by atoms with Gasteiger partial charge in [-0.25, -0.2) is 0 Å². The van der Waals surface area contributed by atoms with Crippen LogP contribution in [0.5, 0.6) is 0 Å². The summed E-state index contributed by atoms with van der Waals surface area (Å²) in [5.41, 5.74) is -1.20. The molecule has 2 heterocycles. The molecule has 2 aliphatic heterocycles. The zero-order chi connectivity index (χ0) is 19.3. The average Bonchev–Trinajstić information content (AvgIpc) is 3.08. The van der Waals surface area contributed by atoms with Crippen molar-refractivity contribution in [2.75, 3.05) is 33.0 Å². The van der Waals surface area contributed by atoms with E-state index in [1.54, 1.807) is 0 Å². The molecule has 0 aromatic heterocycles. The molecule has 4 aliphatic rings. The molecule has 4 rings (SSSR count). The number of aliphatic hydroxyl groups is 1. The topological polar surface area (TPSA) is 86.3 Å². The molecule has 7 heteroatoms. The van der Waals surface area contributed by atoms with Gasteiger partial charge < -0.3 is 29.4 Å². The molecule has 154 valence electrons. The number of aliphatic hydroxyl groups excluding tert-OH is 1. The van der Waals surface area contributed by atoms with Crippen LogP contribution in [-0.2, 0) is 23.7 Å². The van der Waals surface area contributed by atoms with Crippen molar-refractivity contribution in [3.8, 4) is 0 Å². The molecule has 2 N–H and O–H groups in total. The van der Waals surface area contributed by atoms with Gasteiger partial charge in [-0.15, -0.1) is 0 Å². The van der Waals surface area contributed by atoms with E-state index in [2.05, 4.69) is 5.32 Å². The van der Waals surface area contributed by atoms with E-state index in [0.717, 1.165) is 25.7 Å². The molecule has 0 radical (unpaired) electrons. The van der Waals surface area contributed by atoms with Crippen molar-refractivity contribution in [3.63, 3.8) is 0 Å². The fraction of sp³-hybridized carbons (Fsp3) is 0.950. The Morgan fingerprint density at radius 1 is 1.15 bits per heavy atom. The van der Waals surface area contributed by atoms with Crippen molar-refractivity contribution in [3.05, 3.63) is 0 Å². The summed E-state index contributed by atoms with van der Waals surface area (Å²) in [6.07, 6.45) is 3.41. The Bertz CT molecular complexity index is 589. The summed E-state index contributed by atoms with van der Waals surface area (Å²) in [7, 11) is 0. The highest BCUT2D eigenvalue weighted by Crippen LogP contribution is 2.63. The molecule has 2 saturated carbocycles. The number of carbonyl (C=O) groups excluding carboxylic acids is 1. The molecular formula is C20H33NO6. The molecule has 0 aromatic rings. The highest BCUT2D eigenvalue weighted by molar-refractivity contribution is 5.84. The van der Waals surface area contributed by atoms with Gasteiger partial charge in [-0.2, -0.15) is 0 Å². The van der Waals surface area contributed by atoms with Crippen molar-refractivity contribution in [2.24, 2.45) is 16.7 Å². The summed E-state index contributed by atoms with van der Waals surface area (Å²) < 4.78 is 24.3. The van der Waals surface area contributed by atoms with E-state index in [1.165, 1.54) is 0 Å². The Balaban J connectivity index is 1.72. The van der Waals surface area contributed by atoms with E-state index in [-0.39, 0.29) is 24.5 Å². The van der Waals surface area contributed by atoms with E-state index in [4.69, 9.17) is 18.9 Å². The zero-order valence-electron chi connectivity index (χ0n) is 16.7. The second-order valence-corrected chi connectivity index (χ2v) is 9.13. The van der Waals surface area contributed by atoms with Crippen LogP contribution in [0.4, 0.5) is 0 Å². The van der Waals surface area contributed by atoms with E-state index in [9.17, 15) is 9.90 Å². The van der Waals surface area contributed by atoms with Crippen LogP contribution in [0.2, 0.25) is 0 Å². The maximum atomic E-state index is 13.4. The molecule has 4 fully saturated rings. The highest BCUT2D eigenvalue weighted by Gasteiger charge is 2.68. The molecule has 27 heavy (non-hydrogen) atoms. The van der Waals surface area contributed by atoms with Crippen LogP contribution in [0.15, 0.2) is 0 Å². The fourth-order valence-corrected chi connectivity index (χ4v) is 6.10. The van der Waals surface area contributed by atoms with Gasteiger partial charge in [0.1, 0.15) is 5.41 Å². The van der Waals surface area contributed by atoms with Crippen molar-refractivity contribution in [1.29, 1.82) is 0 Å². The number of fused-ring (bicyclic) bond motifs is 3. The van der Waals surface area contributed by atoms with Crippen LogP contribution in [0, 0.1) is 16.7 Å². The quantitative estimate of drug-likeness (QED) is 0.770. The largest absolute Gasteiger partial charge is 0.396 e. The number of carbonyl (C=O) groups is 1. The van der Waals surface area contributed by atoms with Crippen LogP contribution < -0.4 is 5.32 Å². The Morgan fingerprint density at radius 3 is 2.56 bits per heavy atom. The second-order valence-electron chi connectivity index (χ2n) is 9.13. The minimum absolute atomic E-state index is 0.0165. The zero-order valence-corrected chi connectivity index (χ0v) is 16.7. The first-order valence-electron chi connectivity index (χ1n) is 10.3. The first-order chi connectivity index (χ1) is 12.8. The van der Waals surface area contributed by atoms with Gasteiger partial charge in [0.25, 0.3) is 0 Å². The monoisotopic (exact) mass is 383 g/mol. The van der Waals surface area contributed by atoms with Crippen molar-refractivity contribution < 1.29 is 28.8 Å². The summed E-state index contributed by atoms with van der Waals surface area (Å²) in [4.78, 5) is 13.4. The van der Waals surface area contributed by atoms with Gasteiger partial charge in [-0.05, 0) is 46.0 Å². The van der Waals surface area contributed by atoms with Gasteiger partial charge in [0.15, 0.2) is 11.6 Å². The number of hydrogen-bond acceptors (Lipinski definition) is 6. The summed E-state index contributed by atoms with van der Waals surface area (Å²) in [6, 6.07) is 0. The molecule has 0 aromatic carbocycles. The van der Waals surface area contributed by atoms with Gasteiger partial charge in [-0.3, -0.25) is 4.79 Å². The molecule has 0 bridgehead atoms. The molecule has 1 spiro atoms. The molecule has 7 nitrogen and oxygen atoms in total. The Kier molecular flexibility index (Phi) is 4.83. The standard InChI is InChI=1S/C20H33NO6/c1-4-21-16(23)20-13-26-17(2,3)27-15(20)6-7-18(12-22)11-19(8-5-14(18)20)24-9-10-25-19/h14-15,22H,4-13H2,1-3H3,(H,21,23)/t14?,15-,18+,20+/m1/s1. The van der Waals surface area contributed by atoms with E-state index in [1.807, 2.05) is 20.8 Å². The van der Waals surface area contributed by atoms with Crippen LogP contribution in [0.1, 0.15) is 52.9 Å². The van der Waals surface area contributed by atoms with Crippen molar-refractivity contribution in [2.45, 2.75) is 70.6 Å². The first-order valence-corrected chi connectivity index (χ1v) is 10.3. The minimum atomic E-state index is -0.785. The van der Waals surface area contributed by atoms with Crippen LogP contribution in [-0.4, -0.2) is 61.7 Å². The summed E-state index contributed by atoms with van der Waals surface area (Å²) >= 11 is 0.